The number of unbranched alkanes of at least 4 members (excludes halogenated alkanes) is 1. The van der Waals surface area contributed by atoms with Gasteiger partial charge in [0, 0.05) is 26.6 Å². The summed E-state index contributed by atoms with van der Waals surface area (Å²) < 4.78 is 44.0. The molecule has 0 fully saturated rings. The smallest absolute Gasteiger partial charge is 0.200 e. The third-order valence-electron chi connectivity index (χ3n) is 7.23. The summed E-state index contributed by atoms with van der Waals surface area (Å²) in [7, 11) is -3.63. The number of allylic oxidation sites excluding steroid dienone is 1. The summed E-state index contributed by atoms with van der Waals surface area (Å²) in [6, 6.07) is 8.54. The van der Waals surface area contributed by atoms with Crippen molar-refractivity contribution in [2.45, 2.75) is 101 Å². The van der Waals surface area contributed by atoms with Gasteiger partial charge in [-0.3, -0.25) is 0 Å². The van der Waals surface area contributed by atoms with Crippen molar-refractivity contribution in [3.63, 3.8) is 0 Å². The molecule has 1 aliphatic rings. The zero-order valence-electron chi connectivity index (χ0n) is 22.7. The Bertz CT molecular complexity index is 902. The van der Waals surface area contributed by atoms with E-state index in [-0.39, 0.29) is 18.3 Å². The lowest BCUT2D eigenvalue weighted by atomic mass is 10.0. The Labute approximate surface area is 215 Å². The van der Waals surface area contributed by atoms with Crippen LogP contribution in [0, 0.1) is 0 Å². The van der Waals surface area contributed by atoms with Crippen LogP contribution in [0.2, 0.25) is 16.6 Å². The summed E-state index contributed by atoms with van der Waals surface area (Å²) >= 11 is 0. The molecule has 2 atom stereocenters. The van der Waals surface area contributed by atoms with E-state index in [1.807, 2.05) is 24.3 Å². The normalized spacial score (nSPS) is 21.6. The first-order valence-electron chi connectivity index (χ1n) is 13.0. The van der Waals surface area contributed by atoms with Gasteiger partial charge >= 0.3 is 0 Å². The van der Waals surface area contributed by atoms with Crippen LogP contribution in [0.5, 0.6) is 0 Å². The second-order valence-corrected chi connectivity index (χ2v) is 18.0. The van der Waals surface area contributed by atoms with Crippen LogP contribution in [0.3, 0.4) is 0 Å². The number of ether oxygens (including phenoxy) is 2. The minimum absolute atomic E-state index is 0.0281. The fraction of sp³-hybridized carbons (Fsp3) is 0.643. The van der Waals surface area contributed by atoms with E-state index in [9.17, 15) is 8.42 Å². The lowest BCUT2D eigenvalue weighted by molar-refractivity contribution is -0.233. The van der Waals surface area contributed by atoms with Crippen LogP contribution in [0.15, 0.2) is 59.5 Å². The average molecular weight is 523 g/mol. The van der Waals surface area contributed by atoms with E-state index < -0.39 is 23.9 Å². The van der Waals surface area contributed by atoms with Crippen molar-refractivity contribution in [2.24, 2.45) is 0 Å². The standard InChI is InChI=1S/C28H46O5SSi/c1-23(2)35(24(3)4,25(5)6)32-21-13-9-10-15-26-16-14-19-28(31-7,33-26)20-22-34(29,30)27-17-11-8-12-18-27/h8,10-12,14-18,23-26H,9,13,19-22H2,1-7H3/b15-10+/t26-,28-/m0/s1. The third kappa shape index (κ3) is 7.86. The lowest BCUT2D eigenvalue weighted by Crippen LogP contribution is -2.47. The molecular formula is C28H46O5SSi. The molecule has 0 radical (unpaired) electrons. The van der Waals surface area contributed by atoms with Crippen LogP contribution < -0.4 is 0 Å². The van der Waals surface area contributed by atoms with E-state index in [4.69, 9.17) is 13.9 Å². The van der Waals surface area contributed by atoms with E-state index in [0.29, 0.717) is 27.9 Å². The third-order valence-corrected chi connectivity index (χ3v) is 15.1. The summed E-state index contributed by atoms with van der Waals surface area (Å²) in [5.74, 6) is -0.967. The highest BCUT2D eigenvalue weighted by atomic mass is 32.2. The predicted octanol–water partition coefficient (Wildman–Crippen LogP) is 7.07. The second kappa shape index (κ2) is 13.3. The highest BCUT2D eigenvalue weighted by Gasteiger charge is 2.44. The molecule has 1 heterocycles. The molecule has 0 amide bonds. The van der Waals surface area contributed by atoms with Crippen molar-refractivity contribution in [1.82, 2.24) is 0 Å². The number of methoxy groups -OCH3 is 1. The van der Waals surface area contributed by atoms with Gasteiger partial charge in [0.2, 0.25) is 0 Å². The van der Waals surface area contributed by atoms with Gasteiger partial charge in [0.1, 0.15) is 0 Å². The molecule has 0 aliphatic carbocycles. The molecule has 0 spiro atoms. The van der Waals surface area contributed by atoms with Crippen molar-refractivity contribution in [3.05, 3.63) is 54.6 Å². The highest BCUT2D eigenvalue weighted by molar-refractivity contribution is 7.91. The van der Waals surface area contributed by atoms with Gasteiger partial charge in [0.25, 0.3) is 0 Å². The molecule has 198 valence electrons. The van der Waals surface area contributed by atoms with Crippen LogP contribution >= 0.6 is 0 Å². The maximum Gasteiger partial charge on any atom is 0.200 e. The Morgan fingerprint density at radius 1 is 1.09 bits per heavy atom. The molecule has 5 nitrogen and oxygen atoms in total. The van der Waals surface area contributed by atoms with E-state index >= 15 is 0 Å². The topological polar surface area (TPSA) is 61.8 Å². The second-order valence-electron chi connectivity index (χ2n) is 10.4. The first-order chi connectivity index (χ1) is 16.5. The van der Waals surface area contributed by atoms with Gasteiger partial charge < -0.3 is 13.9 Å². The number of benzene rings is 1. The van der Waals surface area contributed by atoms with Crippen LogP contribution in [-0.2, 0) is 23.7 Å². The van der Waals surface area contributed by atoms with E-state index in [1.54, 1.807) is 31.4 Å². The maximum absolute atomic E-state index is 12.7. The summed E-state index contributed by atoms with van der Waals surface area (Å²) in [6.07, 6.45) is 10.6. The van der Waals surface area contributed by atoms with Gasteiger partial charge in [-0.25, -0.2) is 8.42 Å². The largest absolute Gasteiger partial charge is 0.416 e. The van der Waals surface area contributed by atoms with E-state index in [0.717, 1.165) is 19.4 Å². The van der Waals surface area contributed by atoms with Crippen LogP contribution in [-0.4, -0.2) is 48.1 Å². The maximum atomic E-state index is 12.7. The molecule has 2 rings (SSSR count). The van der Waals surface area contributed by atoms with Crippen molar-refractivity contribution >= 4 is 18.2 Å². The Kier molecular flexibility index (Phi) is 11.4. The number of hydrogen-bond donors (Lipinski definition) is 0. The van der Waals surface area contributed by atoms with Gasteiger partial charge in [0.05, 0.1) is 16.8 Å². The van der Waals surface area contributed by atoms with E-state index in [1.165, 1.54) is 0 Å². The van der Waals surface area contributed by atoms with Crippen LogP contribution in [0.1, 0.15) is 67.2 Å². The number of rotatable bonds is 14. The van der Waals surface area contributed by atoms with E-state index in [2.05, 4.69) is 47.6 Å². The van der Waals surface area contributed by atoms with Gasteiger partial charge in [-0.05, 0) is 41.6 Å². The SMILES string of the molecule is CO[C@@]1(CCS(=O)(=O)c2ccccc2)CC=C[C@H](/C=C/CCCO[Si](C(C)C)(C(C)C)C(C)C)O1. The zero-order valence-corrected chi connectivity index (χ0v) is 24.5. The molecule has 0 unspecified atom stereocenters. The molecule has 0 aromatic heterocycles. The number of sulfone groups is 1. The summed E-state index contributed by atoms with van der Waals surface area (Å²) in [6.45, 7) is 14.7. The molecule has 0 saturated carbocycles. The van der Waals surface area contributed by atoms with Crippen molar-refractivity contribution in [3.8, 4) is 0 Å². The lowest BCUT2D eigenvalue weighted by Gasteiger charge is -2.42. The summed E-state index contributed by atoms with van der Waals surface area (Å²) in [5.41, 5.74) is 1.77. The van der Waals surface area contributed by atoms with Crippen molar-refractivity contribution < 1.29 is 22.3 Å². The van der Waals surface area contributed by atoms with Crippen LogP contribution in [0.25, 0.3) is 0 Å². The fourth-order valence-electron chi connectivity index (χ4n) is 5.43. The minimum atomic E-state index is -3.40. The van der Waals surface area contributed by atoms with Gasteiger partial charge in [-0.1, -0.05) is 84.0 Å². The Morgan fingerprint density at radius 3 is 2.29 bits per heavy atom. The molecule has 0 saturated heterocycles. The predicted molar refractivity (Wildman–Crippen MR) is 147 cm³/mol. The number of hydrogen-bond acceptors (Lipinski definition) is 5. The van der Waals surface area contributed by atoms with Gasteiger partial charge in [-0.15, -0.1) is 0 Å². The Balaban J connectivity index is 1.89. The molecule has 1 aliphatic heterocycles. The first kappa shape index (κ1) is 30.0. The van der Waals surface area contributed by atoms with Crippen LogP contribution in [0.4, 0.5) is 0 Å². The summed E-state index contributed by atoms with van der Waals surface area (Å²) in [5, 5.41) is 0. The monoisotopic (exact) mass is 522 g/mol. The minimum Gasteiger partial charge on any atom is -0.416 e. The Morgan fingerprint density at radius 2 is 1.71 bits per heavy atom. The van der Waals surface area contributed by atoms with Crippen molar-refractivity contribution in [2.75, 3.05) is 19.5 Å². The fourth-order valence-corrected chi connectivity index (χ4v) is 12.3. The first-order valence-corrected chi connectivity index (χ1v) is 16.8. The average Bonchev–Trinajstić information content (AvgIpc) is 2.82. The molecule has 0 bridgehead atoms. The van der Waals surface area contributed by atoms with Gasteiger partial charge in [0.15, 0.2) is 23.9 Å². The molecule has 35 heavy (non-hydrogen) atoms. The summed E-state index contributed by atoms with van der Waals surface area (Å²) in [4.78, 5) is 0.329. The molecule has 1 aromatic rings. The molecule has 1 aromatic carbocycles. The Hall–Kier alpha value is -1.25. The molecule has 7 heteroatoms. The highest BCUT2D eigenvalue weighted by Crippen LogP contribution is 2.42. The molecular weight excluding hydrogens is 476 g/mol. The molecule has 0 N–H and O–H groups in total. The quantitative estimate of drug-likeness (QED) is 0.149. The zero-order chi connectivity index (χ0) is 26.1. The van der Waals surface area contributed by atoms with Crippen molar-refractivity contribution in [1.29, 1.82) is 0 Å². The van der Waals surface area contributed by atoms with Gasteiger partial charge in [-0.2, -0.15) is 0 Å².